The van der Waals surface area contributed by atoms with Crippen LogP contribution in [0.5, 0.6) is 0 Å². The Morgan fingerprint density at radius 2 is 2.11 bits per heavy atom. The van der Waals surface area contributed by atoms with Crippen LogP contribution in [-0.2, 0) is 17.7 Å². The van der Waals surface area contributed by atoms with Crippen LogP contribution in [0.15, 0.2) is 0 Å². The molecule has 0 amide bonds. The number of nitrogens with zero attached hydrogens (tertiary/aromatic N) is 2. The molecule has 1 heterocycles. The monoisotopic (exact) mass is 287 g/mol. The highest BCUT2D eigenvalue weighted by Crippen LogP contribution is 2.27. The van der Waals surface area contributed by atoms with E-state index in [9.17, 15) is 0 Å². The minimum absolute atomic E-state index is 0.196. The third-order valence-corrected chi connectivity index (χ3v) is 4.60. The fraction of sp³-hybridized carbons (Fsp3) is 0.786. The van der Waals surface area contributed by atoms with E-state index in [1.54, 1.807) is 7.11 Å². The standard InChI is InChI=1S/C14H26ClN3O/c1-7-14(4,19-6)12(16-5)9-11-13(15)10(3)17-18(11)8-2/h12,16H,7-9H2,1-6H3. The molecular formula is C14H26ClN3O. The lowest BCUT2D eigenvalue weighted by Gasteiger charge is -2.35. The molecule has 4 nitrogen and oxygen atoms in total. The van der Waals surface area contributed by atoms with Crippen LogP contribution in [0.4, 0.5) is 0 Å². The number of likely N-dealkylation sites (N-methyl/N-ethyl adjacent to an activating group) is 1. The van der Waals surface area contributed by atoms with E-state index in [0.29, 0.717) is 0 Å². The van der Waals surface area contributed by atoms with E-state index in [4.69, 9.17) is 16.3 Å². The van der Waals surface area contributed by atoms with Gasteiger partial charge in [-0.1, -0.05) is 18.5 Å². The van der Waals surface area contributed by atoms with Crippen molar-refractivity contribution in [2.24, 2.45) is 0 Å². The van der Waals surface area contributed by atoms with E-state index < -0.39 is 0 Å². The zero-order valence-corrected chi connectivity index (χ0v) is 13.6. The molecule has 0 aliphatic heterocycles. The predicted molar refractivity (Wildman–Crippen MR) is 79.9 cm³/mol. The second kappa shape index (κ2) is 6.73. The van der Waals surface area contributed by atoms with Crippen molar-refractivity contribution in [2.75, 3.05) is 14.2 Å². The fourth-order valence-corrected chi connectivity index (χ4v) is 2.63. The first-order valence-corrected chi connectivity index (χ1v) is 7.25. The summed E-state index contributed by atoms with van der Waals surface area (Å²) in [6, 6.07) is 0.196. The Kier molecular flexibility index (Phi) is 5.83. The highest BCUT2D eigenvalue weighted by atomic mass is 35.5. The quantitative estimate of drug-likeness (QED) is 0.838. The molecule has 2 unspecified atom stereocenters. The number of hydrogen-bond acceptors (Lipinski definition) is 3. The van der Waals surface area contributed by atoms with Gasteiger partial charge in [-0.3, -0.25) is 4.68 Å². The van der Waals surface area contributed by atoms with Crippen molar-refractivity contribution in [3.8, 4) is 0 Å². The normalized spacial score (nSPS) is 16.4. The molecular weight excluding hydrogens is 262 g/mol. The van der Waals surface area contributed by atoms with E-state index in [-0.39, 0.29) is 11.6 Å². The third-order valence-electron chi connectivity index (χ3n) is 4.10. The molecule has 1 N–H and O–H groups in total. The summed E-state index contributed by atoms with van der Waals surface area (Å²) in [7, 11) is 3.73. The molecule has 1 aromatic rings. The number of methoxy groups -OCH3 is 1. The molecule has 0 saturated heterocycles. The summed E-state index contributed by atoms with van der Waals surface area (Å²) < 4.78 is 7.68. The number of nitrogens with one attached hydrogen (secondary N) is 1. The van der Waals surface area contributed by atoms with Crippen molar-refractivity contribution < 1.29 is 4.74 Å². The van der Waals surface area contributed by atoms with Gasteiger partial charge in [0.25, 0.3) is 0 Å². The van der Waals surface area contributed by atoms with Crippen LogP contribution in [0.25, 0.3) is 0 Å². The van der Waals surface area contributed by atoms with E-state index in [1.165, 1.54) is 0 Å². The van der Waals surface area contributed by atoms with Crippen LogP contribution in [0.1, 0.15) is 38.6 Å². The molecule has 1 rings (SSSR count). The maximum Gasteiger partial charge on any atom is 0.0847 e. The second-order valence-corrected chi connectivity index (χ2v) is 5.46. The summed E-state index contributed by atoms with van der Waals surface area (Å²) in [6.45, 7) is 9.12. The highest BCUT2D eigenvalue weighted by Gasteiger charge is 2.33. The van der Waals surface area contributed by atoms with Crippen molar-refractivity contribution in [1.82, 2.24) is 15.1 Å². The molecule has 0 spiro atoms. The van der Waals surface area contributed by atoms with E-state index in [1.807, 2.05) is 18.7 Å². The Morgan fingerprint density at radius 1 is 1.47 bits per heavy atom. The van der Waals surface area contributed by atoms with Crippen LogP contribution in [0.3, 0.4) is 0 Å². The molecule has 0 radical (unpaired) electrons. The third kappa shape index (κ3) is 3.30. The SMILES string of the molecule is CCn1nc(C)c(Cl)c1CC(NC)C(C)(CC)OC. The van der Waals surface area contributed by atoms with E-state index in [0.717, 1.165) is 35.8 Å². The number of hydrogen-bond donors (Lipinski definition) is 1. The Bertz CT molecular complexity index is 413. The van der Waals surface area contributed by atoms with Crippen molar-refractivity contribution in [3.05, 3.63) is 16.4 Å². The zero-order valence-electron chi connectivity index (χ0n) is 12.9. The van der Waals surface area contributed by atoms with Crippen LogP contribution in [0, 0.1) is 6.92 Å². The number of aromatic nitrogens is 2. The zero-order chi connectivity index (χ0) is 14.6. The first-order valence-electron chi connectivity index (χ1n) is 6.87. The molecule has 110 valence electrons. The summed E-state index contributed by atoms with van der Waals surface area (Å²) >= 11 is 6.38. The van der Waals surface area contributed by atoms with Crippen molar-refractivity contribution in [3.63, 3.8) is 0 Å². The smallest absolute Gasteiger partial charge is 0.0847 e. The Hall–Kier alpha value is -0.580. The Labute approximate surface area is 121 Å². The van der Waals surface area contributed by atoms with Crippen molar-refractivity contribution in [1.29, 1.82) is 0 Å². The van der Waals surface area contributed by atoms with Gasteiger partial charge in [-0.15, -0.1) is 0 Å². The molecule has 5 heteroatoms. The summed E-state index contributed by atoms with van der Waals surface area (Å²) in [5.74, 6) is 0. The van der Waals surface area contributed by atoms with Gasteiger partial charge >= 0.3 is 0 Å². The van der Waals surface area contributed by atoms with Crippen molar-refractivity contribution >= 4 is 11.6 Å². The maximum atomic E-state index is 6.38. The lowest BCUT2D eigenvalue weighted by atomic mass is 9.89. The second-order valence-electron chi connectivity index (χ2n) is 5.08. The molecule has 0 saturated carbocycles. The fourth-order valence-electron chi connectivity index (χ4n) is 2.41. The van der Waals surface area contributed by atoms with Crippen LogP contribution >= 0.6 is 11.6 Å². The first-order chi connectivity index (χ1) is 8.93. The molecule has 0 fully saturated rings. The van der Waals surface area contributed by atoms with Gasteiger partial charge in [-0.05, 0) is 34.2 Å². The molecule has 1 aromatic heterocycles. The molecule has 0 bridgehead atoms. The molecule has 0 aromatic carbocycles. The summed E-state index contributed by atoms with van der Waals surface area (Å²) in [4.78, 5) is 0. The summed E-state index contributed by atoms with van der Waals surface area (Å²) in [5, 5.41) is 8.60. The number of rotatable bonds is 7. The average molecular weight is 288 g/mol. The van der Waals surface area contributed by atoms with Crippen LogP contribution in [-0.4, -0.2) is 35.6 Å². The number of ether oxygens (including phenoxy) is 1. The number of halogens is 1. The lowest BCUT2D eigenvalue weighted by Crippen LogP contribution is -2.50. The van der Waals surface area contributed by atoms with E-state index in [2.05, 4.69) is 31.2 Å². The summed E-state index contributed by atoms with van der Waals surface area (Å²) in [6.07, 6.45) is 1.74. The van der Waals surface area contributed by atoms with Gasteiger partial charge in [-0.2, -0.15) is 5.10 Å². The Balaban J connectivity index is 3.05. The van der Waals surface area contributed by atoms with Gasteiger partial charge < -0.3 is 10.1 Å². The number of aryl methyl sites for hydroxylation is 2. The Morgan fingerprint density at radius 3 is 2.53 bits per heavy atom. The van der Waals surface area contributed by atoms with Gasteiger partial charge in [-0.25, -0.2) is 0 Å². The molecule has 0 aliphatic rings. The first kappa shape index (κ1) is 16.5. The largest absolute Gasteiger partial charge is 0.377 e. The van der Waals surface area contributed by atoms with E-state index >= 15 is 0 Å². The van der Waals surface area contributed by atoms with Crippen LogP contribution < -0.4 is 5.32 Å². The van der Waals surface area contributed by atoms with Crippen LogP contribution in [0.2, 0.25) is 5.02 Å². The average Bonchev–Trinajstić information content (AvgIpc) is 2.70. The van der Waals surface area contributed by atoms with Gasteiger partial charge in [0.1, 0.15) is 0 Å². The van der Waals surface area contributed by atoms with Gasteiger partial charge in [0.15, 0.2) is 0 Å². The van der Waals surface area contributed by atoms with Gasteiger partial charge in [0.2, 0.25) is 0 Å². The summed E-state index contributed by atoms with van der Waals surface area (Å²) in [5.41, 5.74) is 1.76. The molecule has 19 heavy (non-hydrogen) atoms. The van der Waals surface area contributed by atoms with Gasteiger partial charge in [0, 0.05) is 26.1 Å². The van der Waals surface area contributed by atoms with Crippen molar-refractivity contribution in [2.45, 2.75) is 58.7 Å². The minimum Gasteiger partial charge on any atom is -0.377 e. The highest BCUT2D eigenvalue weighted by molar-refractivity contribution is 6.31. The van der Waals surface area contributed by atoms with Gasteiger partial charge in [0.05, 0.1) is 22.0 Å². The topological polar surface area (TPSA) is 39.1 Å². The predicted octanol–water partition coefficient (Wildman–Crippen LogP) is 2.81. The molecule has 0 aliphatic carbocycles. The molecule has 2 atom stereocenters. The lowest BCUT2D eigenvalue weighted by molar-refractivity contribution is -0.0273. The minimum atomic E-state index is -0.213. The maximum absolute atomic E-state index is 6.38.